The zero-order valence-electron chi connectivity index (χ0n) is 13.8. The summed E-state index contributed by atoms with van der Waals surface area (Å²) in [5, 5.41) is 2.70. The van der Waals surface area contributed by atoms with Crippen molar-refractivity contribution in [2.45, 2.75) is 52.2 Å². The van der Waals surface area contributed by atoms with Crippen LogP contribution >= 0.6 is 0 Å². The Morgan fingerprint density at radius 1 is 1.30 bits per heavy atom. The first-order valence-corrected chi connectivity index (χ1v) is 8.16. The maximum Gasteiger partial charge on any atom is 0.332 e. The van der Waals surface area contributed by atoms with E-state index in [2.05, 4.69) is 12.2 Å². The Morgan fingerprint density at radius 3 is 2.87 bits per heavy atom. The number of ether oxygens (including phenoxy) is 2. The third kappa shape index (κ3) is 6.40. The molecule has 1 aliphatic carbocycles. The Morgan fingerprint density at radius 2 is 2.13 bits per heavy atom. The van der Waals surface area contributed by atoms with Gasteiger partial charge in [0.15, 0.2) is 0 Å². The molecule has 1 aromatic carbocycles. The molecule has 0 radical (unpaired) electrons. The van der Waals surface area contributed by atoms with E-state index in [9.17, 15) is 9.59 Å². The summed E-state index contributed by atoms with van der Waals surface area (Å²) < 4.78 is 10.9. The summed E-state index contributed by atoms with van der Waals surface area (Å²) in [5.74, 6) is 0.184. The first-order chi connectivity index (χ1) is 11.0. The monoisotopic (exact) mass is 319 g/mol. The molecule has 0 saturated heterocycles. The summed E-state index contributed by atoms with van der Waals surface area (Å²) >= 11 is 0. The van der Waals surface area contributed by atoms with Gasteiger partial charge in [0.1, 0.15) is 13.2 Å². The van der Waals surface area contributed by atoms with Crippen molar-refractivity contribution in [2.24, 2.45) is 5.92 Å². The van der Waals surface area contributed by atoms with E-state index >= 15 is 0 Å². The standard InChI is InChI=1S/C18H25NO4/c1-13-5-3-8-17(9-13)22-12-18(21)23-11-15-6-4-7-16(10-15)19-14(2)20/h4,6-7,10,13,17H,3,5,8-9,11-12H2,1-2H3,(H,19,20)/t13-,17-/m1/s1. The van der Waals surface area contributed by atoms with Gasteiger partial charge in [-0.3, -0.25) is 4.79 Å². The minimum atomic E-state index is -0.354. The predicted octanol–water partition coefficient (Wildman–Crippen LogP) is 3.28. The molecule has 1 aromatic rings. The van der Waals surface area contributed by atoms with E-state index in [1.165, 1.54) is 13.3 Å². The summed E-state index contributed by atoms with van der Waals surface area (Å²) in [6.45, 7) is 3.85. The van der Waals surface area contributed by atoms with Gasteiger partial charge in [-0.1, -0.05) is 31.9 Å². The van der Waals surface area contributed by atoms with Gasteiger partial charge in [-0.05, 0) is 36.5 Å². The highest BCUT2D eigenvalue weighted by Gasteiger charge is 2.20. The zero-order chi connectivity index (χ0) is 16.7. The highest BCUT2D eigenvalue weighted by Crippen LogP contribution is 2.25. The van der Waals surface area contributed by atoms with E-state index < -0.39 is 0 Å². The van der Waals surface area contributed by atoms with Gasteiger partial charge < -0.3 is 14.8 Å². The molecule has 0 heterocycles. The van der Waals surface area contributed by atoms with Gasteiger partial charge >= 0.3 is 5.97 Å². The topological polar surface area (TPSA) is 64.6 Å². The van der Waals surface area contributed by atoms with Crippen molar-refractivity contribution in [1.82, 2.24) is 0 Å². The minimum Gasteiger partial charge on any atom is -0.459 e. The number of carbonyl (C=O) groups is 2. The van der Waals surface area contributed by atoms with Crippen LogP contribution in [-0.2, 0) is 25.7 Å². The zero-order valence-corrected chi connectivity index (χ0v) is 13.8. The van der Waals surface area contributed by atoms with Crippen LogP contribution in [0.1, 0.15) is 45.1 Å². The molecule has 0 bridgehead atoms. The molecular weight excluding hydrogens is 294 g/mol. The second-order valence-electron chi connectivity index (χ2n) is 6.25. The number of nitrogens with one attached hydrogen (secondary N) is 1. The molecule has 1 saturated carbocycles. The average Bonchev–Trinajstić information content (AvgIpc) is 2.51. The van der Waals surface area contributed by atoms with Crippen LogP contribution in [0.25, 0.3) is 0 Å². The SMILES string of the molecule is CC(=O)Nc1cccc(COC(=O)CO[C@@H]2CCC[C@@H](C)C2)c1. The minimum absolute atomic E-state index is 0.00275. The Bertz CT molecular complexity index is 544. The first kappa shape index (κ1) is 17.5. The second-order valence-corrected chi connectivity index (χ2v) is 6.25. The van der Waals surface area contributed by atoms with Gasteiger partial charge in [0.05, 0.1) is 6.10 Å². The molecule has 0 spiro atoms. The van der Waals surface area contributed by atoms with Crippen molar-refractivity contribution in [3.05, 3.63) is 29.8 Å². The lowest BCUT2D eigenvalue weighted by molar-refractivity contribution is -0.153. The van der Waals surface area contributed by atoms with Crippen molar-refractivity contribution >= 4 is 17.6 Å². The summed E-state index contributed by atoms with van der Waals surface area (Å²) in [6.07, 6.45) is 4.63. The molecule has 2 atom stereocenters. The van der Waals surface area contributed by atoms with Crippen molar-refractivity contribution in [3.63, 3.8) is 0 Å². The largest absolute Gasteiger partial charge is 0.459 e. The van der Waals surface area contributed by atoms with E-state index in [0.29, 0.717) is 11.6 Å². The lowest BCUT2D eigenvalue weighted by atomic mass is 9.89. The molecule has 1 fully saturated rings. The number of benzene rings is 1. The predicted molar refractivity (Wildman–Crippen MR) is 87.9 cm³/mol. The van der Waals surface area contributed by atoms with Crippen LogP contribution in [0.15, 0.2) is 24.3 Å². The van der Waals surface area contributed by atoms with Gasteiger partial charge in [-0.25, -0.2) is 4.79 Å². The molecule has 1 N–H and O–H groups in total. The molecule has 0 aromatic heterocycles. The fourth-order valence-corrected chi connectivity index (χ4v) is 2.86. The summed E-state index contributed by atoms with van der Waals surface area (Å²) in [4.78, 5) is 22.8. The van der Waals surface area contributed by atoms with Gasteiger partial charge in [0.2, 0.25) is 5.91 Å². The van der Waals surface area contributed by atoms with Crippen LogP contribution in [0.4, 0.5) is 5.69 Å². The van der Waals surface area contributed by atoms with Crippen LogP contribution in [0.3, 0.4) is 0 Å². The van der Waals surface area contributed by atoms with E-state index in [0.717, 1.165) is 24.8 Å². The fraction of sp³-hybridized carbons (Fsp3) is 0.556. The molecule has 5 nitrogen and oxygen atoms in total. The Hall–Kier alpha value is -1.88. The van der Waals surface area contributed by atoms with Gasteiger partial charge in [-0.2, -0.15) is 0 Å². The molecule has 1 aliphatic rings. The lowest BCUT2D eigenvalue weighted by Gasteiger charge is -2.26. The quantitative estimate of drug-likeness (QED) is 0.817. The van der Waals surface area contributed by atoms with Crippen LogP contribution in [0.2, 0.25) is 0 Å². The molecule has 126 valence electrons. The Balaban J connectivity index is 1.72. The number of rotatable bonds is 6. The Labute approximate surface area is 137 Å². The molecular formula is C18H25NO4. The van der Waals surface area contributed by atoms with Crippen molar-refractivity contribution in [2.75, 3.05) is 11.9 Å². The van der Waals surface area contributed by atoms with E-state index in [4.69, 9.17) is 9.47 Å². The van der Waals surface area contributed by atoms with Crippen LogP contribution in [0.5, 0.6) is 0 Å². The third-order valence-corrected chi connectivity index (χ3v) is 3.97. The smallest absolute Gasteiger partial charge is 0.332 e. The number of hydrogen-bond donors (Lipinski definition) is 1. The number of esters is 1. The molecule has 1 amide bonds. The van der Waals surface area contributed by atoms with Crippen molar-refractivity contribution in [1.29, 1.82) is 0 Å². The van der Waals surface area contributed by atoms with Crippen molar-refractivity contribution in [3.8, 4) is 0 Å². The van der Waals surface area contributed by atoms with Crippen LogP contribution in [0, 0.1) is 5.92 Å². The number of carbonyl (C=O) groups excluding carboxylic acids is 2. The third-order valence-electron chi connectivity index (χ3n) is 3.97. The highest BCUT2D eigenvalue weighted by molar-refractivity contribution is 5.88. The lowest BCUT2D eigenvalue weighted by Crippen LogP contribution is -2.25. The molecule has 23 heavy (non-hydrogen) atoms. The van der Waals surface area contributed by atoms with Gasteiger partial charge in [-0.15, -0.1) is 0 Å². The maximum atomic E-state index is 11.8. The summed E-state index contributed by atoms with van der Waals surface area (Å²) in [5.41, 5.74) is 1.52. The summed E-state index contributed by atoms with van der Waals surface area (Å²) in [6, 6.07) is 7.25. The highest BCUT2D eigenvalue weighted by atomic mass is 16.6. The average molecular weight is 319 g/mol. The normalized spacial score (nSPS) is 20.8. The number of hydrogen-bond acceptors (Lipinski definition) is 4. The fourth-order valence-electron chi connectivity index (χ4n) is 2.86. The molecule has 2 rings (SSSR count). The molecule has 0 aliphatic heterocycles. The van der Waals surface area contributed by atoms with Crippen molar-refractivity contribution < 1.29 is 19.1 Å². The van der Waals surface area contributed by atoms with Gasteiger partial charge in [0.25, 0.3) is 0 Å². The molecule has 5 heteroatoms. The maximum absolute atomic E-state index is 11.8. The van der Waals surface area contributed by atoms with E-state index in [1.54, 1.807) is 12.1 Å². The summed E-state index contributed by atoms with van der Waals surface area (Å²) in [7, 11) is 0. The Kier molecular flexibility index (Phi) is 6.59. The second kappa shape index (κ2) is 8.67. The first-order valence-electron chi connectivity index (χ1n) is 8.16. The van der Waals surface area contributed by atoms with E-state index in [1.807, 2.05) is 12.1 Å². The molecule has 0 unspecified atom stereocenters. The van der Waals surface area contributed by atoms with Gasteiger partial charge in [0, 0.05) is 12.6 Å². The van der Waals surface area contributed by atoms with Crippen LogP contribution < -0.4 is 5.32 Å². The number of anilines is 1. The van der Waals surface area contributed by atoms with Crippen LogP contribution in [-0.4, -0.2) is 24.6 Å². The van der Waals surface area contributed by atoms with E-state index in [-0.39, 0.29) is 31.2 Å². The number of amides is 1.